The van der Waals surface area contributed by atoms with Crippen molar-refractivity contribution in [3.63, 3.8) is 0 Å². The van der Waals surface area contributed by atoms with Crippen LogP contribution in [-0.2, 0) is 6.54 Å². The number of imidazole rings is 1. The predicted molar refractivity (Wildman–Crippen MR) is 84.8 cm³/mol. The molecule has 20 heavy (non-hydrogen) atoms. The Morgan fingerprint density at radius 3 is 2.65 bits per heavy atom. The van der Waals surface area contributed by atoms with Crippen LogP contribution in [0.5, 0.6) is 0 Å². The van der Waals surface area contributed by atoms with E-state index in [1.54, 1.807) is 6.07 Å². The number of hydrogen-bond donors (Lipinski definition) is 0. The Morgan fingerprint density at radius 1 is 1.10 bits per heavy atom. The zero-order valence-corrected chi connectivity index (χ0v) is 12.8. The van der Waals surface area contributed by atoms with E-state index in [9.17, 15) is 0 Å². The van der Waals surface area contributed by atoms with E-state index in [-0.39, 0.29) is 0 Å². The number of rotatable bonds is 2. The summed E-state index contributed by atoms with van der Waals surface area (Å²) < 4.78 is 2.10. The highest BCUT2D eigenvalue weighted by Gasteiger charge is 2.09. The third-order valence-corrected chi connectivity index (χ3v) is 4.47. The highest BCUT2D eigenvalue weighted by atomic mass is 35.5. The second-order valence-corrected chi connectivity index (χ2v) is 5.80. The molecule has 0 saturated carbocycles. The van der Waals surface area contributed by atoms with Crippen LogP contribution in [0.3, 0.4) is 0 Å². The van der Waals surface area contributed by atoms with Gasteiger partial charge in [0.25, 0.3) is 0 Å². The topological polar surface area (TPSA) is 17.8 Å². The third kappa shape index (κ3) is 2.30. The number of benzene rings is 2. The summed E-state index contributed by atoms with van der Waals surface area (Å²) in [5.41, 5.74) is 5.63. The summed E-state index contributed by atoms with van der Waals surface area (Å²) in [6, 6.07) is 9.98. The Kier molecular flexibility index (Phi) is 3.45. The molecule has 102 valence electrons. The summed E-state index contributed by atoms with van der Waals surface area (Å²) in [5.74, 6) is 0. The standard InChI is InChI=1S/C16H14Cl2N2/c1-10-6-14-15(7-11(10)2)20(9-19-14)8-12-4-3-5-13(17)16(12)18/h3-7,9H,8H2,1-2H3. The highest BCUT2D eigenvalue weighted by molar-refractivity contribution is 6.42. The molecule has 0 aliphatic heterocycles. The monoisotopic (exact) mass is 304 g/mol. The van der Waals surface area contributed by atoms with Gasteiger partial charge in [-0.2, -0.15) is 0 Å². The molecule has 2 aromatic carbocycles. The number of hydrogen-bond acceptors (Lipinski definition) is 1. The zero-order chi connectivity index (χ0) is 14.3. The van der Waals surface area contributed by atoms with Crippen LogP contribution in [0.1, 0.15) is 16.7 Å². The van der Waals surface area contributed by atoms with Crippen molar-refractivity contribution < 1.29 is 0 Å². The van der Waals surface area contributed by atoms with Crippen molar-refractivity contribution in [3.8, 4) is 0 Å². The van der Waals surface area contributed by atoms with E-state index in [0.29, 0.717) is 16.6 Å². The number of aryl methyl sites for hydroxylation is 2. The first-order chi connectivity index (χ1) is 9.56. The molecule has 2 nitrogen and oxygen atoms in total. The van der Waals surface area contributed by atoms with E-state index in [4.69, 9.17) is 23.2 Å². The lowest BCUT2D eigenvalue weighted by Gasteiger charge is -2.08. The summed E-state index contributed by atoms with van der Waals surface area (Å²) in [5, 5.41) is 1.19. The van der Waals surface area contributed by atoms with Crippen LogP contribution in [0.4, 0.5) is 0 Å². The van der Waals surface area contributed by atoms with Crippen molar-refractivity contribution in [2.45, 2.75) is 20.4 Å². The molecule has 1 heterocycles. The van der Waals surface area contributed by atoms with Crippen LogP contribution in [-0.4, -0.2) is 9.55 Å². The van der Waals surface area contributed by atoms with E-state index < -0.39 is 0 Å². The first-order valence-electron chi connectivity index (χ1n) is 6.41. The van der Waals surface area contributed by atoms with Crippen LogP contribution < -0.4 is 0 Å². The van der Waals surface area contributed by atoms with Gasteiger partial charge in [-0.05, 0) is 48.7 Å². The van der Waals surface area contributed by atoms with Crippen molar-refractivity contribution in [2.75, 3.05) is 0 Å². The van der Waals surface area contributed by atoms with E-state index in [1.807, 2.05) is 18.5 Å². The van der Waals surface area contributed by atoms with Crippen LogP contribution >= 0.6 is 23.2 Å². The molecular weight excluding hydrogens is 291 g/mol. The zero-order valence-electron chi connectivity index (χ0n) is 11.3. The van der Waals surface area contributed by atoms with Gasteiger partial charge in [0.15, 0.2) is 0 Å². The Morgan fingerprint density at radius 2 is 1.85 bits per heavy atom. The molecule has 0 aliphatic carbocycles. The van der Waals surface area contributed by atoms with Gasteiger partial charge >= 0.3 is 0 Å². The average molecular weight is 305 g/mol. The Bertz CT molecular complexity index is 791. The maximum absolute atomic E-state index is 6.25. The molecule has 3 aromatic rings. The second-order valence-electron chi connectivity index (χ2n) is 5.01. The maximum atomic E-state index is 6.25. The lowest BCUT2D eigenvalue weighted by molar-refractivity contribution is 0.824. The van der Waals surface area contributed by atoms with Gasteiger partial charge in [0.05, 0.1) is 34.0 Å². The van der Waals surface area contributed by atoms with Crippen LogP contribution in [0, 0.1) is 13.8 Å². The first kappa shape index (κ1) is 13.5. The lowest BCUT2D eigenvalue weighted by atomic mass is 10.1. The van der Waals surface area contributed by atoms with E-state index in [2.05, 4.69) is 35.5 Å². The molecule has 0 unspecified atom stereocenters. The molecule has 0 spiro atoms. The van der Waals surface area contributed by atoms with Gasteiger partial charge in [0, 0.05) is 0 Å². The fourth-order valence-electron chi connectivity index (χ4n) is 2.29. The van der Waals surface area contributed by atoms with Crippen molar-refractivity contribution >= 4 is 34.2 Å². The lowest BCUT2D eigenvalue weighted by Crippen LogP contribution is -1.99. The Balaban J connectivity index is 2.07. The van der Waals surface area contributed by atoms with Crippen molar-refractivity contribution in [2.24, 2.45) is 0 Å². The fourth-order valence-corrected chi connectivity index (χ4v) is 2.67. The molecule has 0 saturated heterocycles. The summed E-state index contributed by atoms with van der Waals surface area (Å²) in [4.78, 5) is 4.46. The highest BCUT2D eigenvalue weighted by Crippen LogP contribution is 2.27. The predicted octanol–water partition coefficient (Wildman–Crippen LogP) is 5.01. The van der Waals surface area contributed by atoms with Crippen LogP contribution in [0.2, 0.25) is 10.0 Å². The average Bonchev–Trinajstić information content (AvgIpc) is 2.78. The summed E-state index contributed by atoms with van der Waals surface area (Å²) >= 11 is 12.3. The number of aromatic nitrogens is 2. The minimum atomic E-state index is 0.584. The van der Waals surface area contributed by atoms with E-state index >= 15 is 0 Å². The molecule has 1 aromatic heterocycles. The number of halogens is 2. The minimum Gasteiger partial charge on any atom is -0.326 e. The molecular formula is C16H14Cl2N2. The molecule has 0 atom stereocenters. The molecule has 0 N–H and O–H groups in total. The molecule has 4 heteroatoms. The molecule has 0 aliphatic rings. The maximum Gasteiger partial charge on any atom is 0.0961 e. The second kappa shape index (κ2) is 5.12. The number of nitrogens with zero attached hydrogens (tertiary/aromatic N) is 2. The smallest absolute Gasteiger partial charge is 0.0961 e. The summed E-state index contributed by atoms with van der Waals surface area (Å²) in [7, 11) is 0. The van der Waals surface area contributed by atoms with E-state index in [1.165, 1.54) is 11.1 Å². The molecule has 0 radical (unpaired) electrons. The van der Waals surface area contributed by atoms with Gasteiger partial charge in [-0.3, -0.25) is 0 Å². The fraction of sp³-hybridized carbons (Fsp3) is 0.188. The summed E-state index contributed by atoms with van der Waals surface area (Å²) in [6.07, 6.45) is 1.85. The van der Waals surface area contributed by atoms with Crippen LogP contribution in [0.15, 0.2) is 36.7 Å². The third-order valence-electron chi connectivity index (χ3n) is 3.61. The van der Waals surface area contributed by atoms with Gasteiger partial charge in [-0.25, -0.2) is 4.98 Å². The minimum absolute atomic E-state index is 0.584. The normalized spacial score (nSPS) is 11.2. The van der Waals surface area contributed by atoms with Gasteiger partial charge in [0.2, 0.25) is 0 Å². The molecule has 0 amide bonds. The Labute approximate surface area is 128 Å². The molecule has 3 rings (SSSR count). The largest absolute Gasteiger partial charge is 0.326 e. The van der Waals surface area contributed by atoms with Crippen molar-refractivity contribution in [1.29, 1.82) is 0 Å². The van der Waals surface area contributed by atoms with Gasteiger partial charge in [-0.15, -0.1) is 0 Å². The number of fused-ring (bicyclic) bond motifs is 1. The van der Waals surface area contributed by atoms with Gasteiger partial charge in [0.1, 0.15) is 0 Å². The quantitative estimate of drug-likeness (QED) is 0.651. The van der Waals surface area contributed by atoms with Crippen molar-refractivity contribution in [3.05, 3.63) is 63.4 Å². The summed E-state index contributed by atoms with van der Waals surface area (Å²) in [6.45, 7) is 4.87. The van der Waals surface area contributed by atoms with Crippen LogP contribution in [0.25, 0.3) is 11.0 Å². The van der Waals surface area contributed by atoms with Gasteiger partial charge < -0.3 is 4.57 Å². The first-order valence-corrected chi connectivity index (χ1v) is 7.17. The molecule has 0 bridgehead atoms. The Hall–Kier alpha value is -1.51. The SMILES string of the molecule is Cc1cc2ncn(Cc3cccc(Cl)c3Cl)c2cc1C. The van der Waals surface area contributed by atoms with Gasteiger partial charge in [-0.1, -0.05) is 35.3 Å². The molecule has 0 fully saturated rings. The van der Waals surface area contributed by atoms with Crippen molar-refractivity contribution in [1.82, 2.24) is 9.55 Å². The van der Waals surface area contributed by atoms with E-state index in [0.717, 1.165) is 16.6 Å².